The average molecular weight is 409 g/mol. The highest BCUT2D eigenvalue weighted by molar-refractivity contribution is 5.65. The standard InChI is InChI=1S/C26H24N4O/c1-31-30(26-15-9-8-14-24(26)20-21-10-4-2-5-11-21)29-28-27-25-18-16-23(17-19-25)22-12-6-3-7-13-22/h2-20,26H,1H3,(H,27,29). The van der Waals surface area contributed by atoms with E-state index in [4.69, 9.17) is 4.84 Å². The van der Waals surface area contributed by atoms with E-state index in [1.54, 1.807) is 12.3 Å². The summed E-state index contributed by atoms with van der Waals surface area (Å²) >= 11 is 0. The van der Waals surface area contributed by atoms with E-state index in [1.807, 2.05) is 78.9 Å². The predicted octanol–water partition coefficient (Wildman–Crippen LogP) is 6.30. The fourth-order valence-corrected chi connectivity index (χ4v) is 3.33. The Kier molecular flexibility index (Phi) is 6.80. The maximum Gasteiger partial charge on any atom is 0.101 e. The highest BCUT2D eigenvalue weighted by atomic mass is 16.7. The van der Waals surface area contributed by atoms with Gasteiger partial charge in [0.1, 0.15) is 6.04 Å². The van der Waals surface area contributed by atoms with Crippen LogP contribution in [0.25, 0.3) is 17.2 Å². The van der Waals surface area contributed by atoms with Crippen LogP contribution < -0.4 is 5.53 Å². The minimum absolute atomic E-state index is 0.144. The van der Waals surface area contributed by atoms with Crippen molar-refractivity contribution in [3.8, 4) is 11.1 Å². The molecule has 0 bridgehead atoms. The normalized spacial score (nSPS) is 17.0. The molecule has 0 aliphatic heterocycles. The smallest absolute Gasteiger partial charge is 0.101 e. The molecule has 1 unspecified atom stereocenters. The van der Waals surface area contributed by atoms with Gasteiger partial charge in [0.2, 0.25) is 0 Å². The lowest BCUT2D eigenvalue weighted by Gasteiger charge is -2.27. The number of hydrogen-bond acceptors (Lipinski definition) is 4. The van der Waals surface area contributed by atoms with Gasteiger partial charge in [-0.3, -0.25) is 4.84 Å². The van der Waals surface area contributed by atoms with Crippen LogP contribution in [-0.4, -0.2) is 18.3 Å². The van der Waals surface area contributed by atoms with E-state index in [-0.39, 0.29) is 6.04 Å². The van der Waals surface area contributed by atoms with Crippen LogP contribution in [0.15, 0.2) is 125 Å². The van der Waals surface area contributed by atoms with E-state index in [2.05, 4.69) is 52.3 Å². The molecule has 154 valence electrons. The minimum atomic E-state index is -0.144. The molecule has 0 fully saturated rings. The molecule has 0 radical (unpaired) electrons. The van der Waals surface area contributed by atoms with Gasteiger partial charge in [0.25, 0.3) is 0 Å². The minimum Gasteiger partial charge on any atom is -0.281 e. The monoisotopic (exact) mass is 408 g/mol. The van der Waals surface area contributed by atoms with Crippen LogP contribution in [0, 0.1) is 0 Å². The van der Waals surface area contributed by atoms with Gasteiger partial charge in [-0.05, 0) is 40.5 Å². The highest BCUT2D eigenvalue weighted by Crippen LogP contribution is 2.23. The lowest BCUT2D eigenvalue weighted by Crippen LogP contribution is -2.42. The van der Waals surface area contributed by atoms with Gasteiger partial charge < -0.3 is 0 Å². The van der Waals surface area contributed by atoms with Crippen LogP contribution in [0.2, 0.25) is 0 Å². The Morgan fingerprint density at radius 1 is 0.839 bits per heavy atom. The Morgan fingerprint density at radius 2 is 1.52 bits per heavy atom. The molecule has 4 rings (SSSR count). The summed E-state index contributed by atoms with van der Waals surface area (Å²) in [6.07, 6.45) is 10.2. The zero-order chi connectivity index (χ0) is 21.3. The second-order valence-corrected chi connectivity index (χ2v) is 6.97. The van der Waals surface area contributed by atoms with E-state index in [9.17, 15) is 0 Å². The molecule has 1 aliphatic carbocycles. The van der Waals surface area contributed by atoms with Gasteiger partial charge in [0.15, 0.2) is 0 Å². The first-order valence-corrected chi connectivity index (χ1v) is 10.1. The quantitative estimate of drug-likeness (QED) is 0.369. The van der Waals surface area contributed by atoms with Gasteiger partial charge in [0.05, 0.1) is 12.8 Å². The largest absolute Gasteiger partial charge is 0.281 e. The number of hydrogen-bond donors (Lipinski definition) is 1. The van der Waals surface area contributed by atoms with E-state index in [0.29, 0.717) is 0 Å². The first kappa shape index (κ1) is 20.5. The van der Waals surface area contributed by atoms with Crippen molar-refractivity contribution >= 4 is 11.8 Å². The molecule has 0 spiro atoms. The van der Waals surface area contributed by atoms with E-state index in [0.717, 1.165) is 22.4 Å². The number of rotatable bonds is 7. The maximum absolute atomic E-state index is 5.52. The summed E-state index contributed by atoms with van der Waals surface area (Å²) in [6.45, 7) is 0. The van der Waals surface area contributed by atoms with Crippen LogP contribution in [0.1, 0.15) is 5.56 Å². The average Bonchev–Trinajstić information content (AvgIpc) is 2.84. The van der Waals surface area contributed by atoms with Crippen LogP contribution in [0.3, 0.4) is 0 Å². The Balaban J connectivity index is 1.44. The fraction of sp³-hybridized carbons (Fsp3) is 0.0769. The van der Waals surface area contributed by atoms with Gasteiger partial charge in [-0.1, -0.05) is 107 Å². The number of nitrogens with zero attached hydrogens (tertiary/aromatic N) is 3. The third kappa shape index (κ3) is 5.42. The molecular formula is C26H24N4O. The van der Waals surface area contributed by atoms with Crippen molar-refractivity contribution in [3.63, 3.8) is 0 Å². The summed E-state index contributed by atoms with van der Waals surface area (Å²) in [5.41, 5.74) is 8.15. The summed E-state index contributed by atoms with van der Waals surface area (Å²) in [5, 5.41) is 9.95. The van der Waals surface area contributed by atoms with Crippen molar-refractivity contribution in [1.82, 2.24) is 10.7 Å². The van der Waals surface area contributed by atoms with E-state index < -0.39 is 0 Å². The van der Waals surface area contributed by atoms with Crippen LogP contribution >= 0.6 is 0 Å². The molecule has 0 aromatic heterocycles. The molecule has 3 aromatic rings. The van der Waals surface area contributed by atoms with Crippen molar-refractivity contribution in [2.24, 2.45) is 10.3 Å². The van der Waals surface area contributed by atoms with Gasteiger partial charge in [-0.25, -0.2) is 0 Å². The Bertz CT molecular complexity index is 1090. The zero-order valence-corrected chi connectivity index (χ0v) is 17.3. The SMILES string of the molecule is CON(NN=Nc1ccc(-c2ccccc2)cc1)C1C=CC=CC1=Cc1ccccc1. The number of nitrogens with one attached hydrogen (secondary N) is 1. The van der Waals surface area contributed by atoms with Crippen LogP contribution in [0.4, 0.5) is 5.69 Å². The van der Waals surface area contributed by atoms with Crippen molar-refractivity contribution in [3.05, 3.63) is 120 Å². The maximum atomic E-state index is 5.52. The van der Waals surface area contributed by atoms with Crippen molar-refractivity contribution < 1.29 is 4.84 Å². The van der Waals surface area contributed by atoms with Gasteiger partial charge in [-0.15, -0.1) is 5.11 Å². The lowest BCUT2D eigenvalue weighted by atomic mass is 9.99. The molecule has 3 aromatic carbocycles. The topological polar surface area (TPSA) is 49.2 Å². The van der Waals surface area contributed by atoms with Crippen LogP contribution in [0.5, 0.6) is 0 Å². The molecule has 1 atom stereocenters. The molecular weight excluding hydrogens is 384 g/mol. The van der Waals surface area contributed by atoms with Gasteiger partial charge in [0, 0.05) is 0 Å². The molecule has 0 saturated heterocycles. The number of hydroxylamine groups is 1. The Labute approximate surface area is 182 Å². The molecule has 0 saturated carbocycles. The van der Waals surface area contributed by atoms with Crippen molar-refractivity contribution in [2.45, 2.75) is 6.04 Å². The summed E-state index contributed by atoms with van der Waals surface area (Å²) in [6, 6.07) is 28.2. The second-order valence-electron chi connectivity index (χ2n) is 6.97. The van der Waals surface area contributed by atoms with E-state index >= 15 is 0 Å². The molecule has 5 heteroatoms. The van der Waals surface area contributed by atoms with Crippen molar-refractivity contribution in [1.29, 1.82) is 0 Å². The zero-order valence-electron chi connectivity index (χ0n) is 17.3. The number of hydrazine groups is 1. The summed E-state index contributed by atoms with van der Waals surface area (Å²) < 4.78 is 0. The summed E-state index contributed by atoms with van der Waals surface area (Å²) in [5.74, 6) is 0. The van der Waals surface area contributed by atoms with E-state index in [1.165, 1.54) is 5.56 Å². The molecule has 5 nitrogen and oxygen atoms in total. The fourth-order valence-electron chi connectivity index (χ4n) is 3.33. The third-order valence-corrected chi connectivity index (χ3v) is 4.90. The lowest BCUT2D eigenvalue weighted by molar-refractivity contribution is -0.183. The molecule has 31 heavy (non-hydrogen) atoms. The predicted molar refractivity (Wildman–Crippen MR) is 125 cm³/mol. The third-order valence-electron chi connectivity index (χ3n) is 4.90. The van der Waals surface area contributed by atoms with Crippen LogP contribution in [-0.2, 0) is 4.84 Å². The van der Waals surface area contributed by atoms with Crippen molar-refractivity contribution in [2.75, 3.05) is 7.11 Å². The van der Waals surface area contributed by atoms with Gasteiger partial charge >= 0.3 is 0 Å². The Hall–Kier alpha value is -3.80. The summed E-state index contributed by atoms with van der Waals surface area (Å²) in [7, 11) is 1.60. The highest BCUT2D eigenvalue weighted by Gasteiger charge is 2.20. The first-order valence-electron chi connectivity index (χ1n) is 10.1. The summed E-state index contributed by atoms with van der Waals surface area (Å²) in [4.78, 5) is 5.52. The molecule has 0 amide bonds. The molecule has 1 N–H and O–H groups in total. The first-order chi connectivity index (χ1) is 15.3. The number of benzene rings is 3. The van der Waals surface area contributed by atoms with Gasteiger partial charge in [-0.2, -0.15) is 5.53 Å². The molecule has 0 heterocycles. The Morgan fingerprint density at radius 3 is 2.23 bits per heavy atom. The number of allylic oxidation sites excluding steroid dienone is 2. The molecule has 1 aliphatic rings. The second kappa shape index (κ2) is 10.3.